The number of nitrogens with one attached hydrogen (secondary N) is 1. The van der Waals surface area contributed by atoms with Gasteiger partial charge in [0.2, 0.25) is 5.95 Å². The number of nitrogens with zero attached hydrogens (tertiary/aromatic N) is 7. The van der Waals surface area contributed by atoms with Crippen LogP contribution in [0.2, 0.25) is 0 Å². The van der Waals surface area contributed by atoms with Gasteiger partial charge < -0.3 is 45.8 Å². The zero-order chi connectivity index (χ0) is 32.2. The molecule has 6 unspecified atom stereocenters. The van der Waals surface area contributed by atoms with Crippen LogP contribution in [0.15, 0.2) is 23.8 Å². The Kier molecular flexibility index (Phi) is 8.71. The third kappa shape index (κ3) is 6.10. The van der Waals surface area contributed by atoms with Crippen LogP contribution in [0.25, 0.3) is 22.3 Å². The number of nitrogens with two attached hydrogens (primary N) is 2. The van der Waals surface area contributed by atoms with Crippen LogP contribution < -0.4 is 17.0 Å². The maximum atomic E-state index is 13.2. The first kappa shape index (κ1) is 31.9. The zero-order valence-corrected chi connectivity index (χ0v) is 25.2. The number of aromatic nitrogens is 8. The van der Waals surface area contributed by atoms with Gasteiger partial charge in [0.25, 0.3) is 5.56 Å². The number of phosphoric ester groups is 1. The van der Waals surface area contributed by atoms with E-state index < -0.39 is 82.2 Å². The number of imidazole rings is 2. The summed E-state index contributed by atoms with van der Waals surface area (Å²) < 4.78 is 47.9. The second-order valence-electron chi connectivity index (χ2n) is 9.87. The van der Waals surface area contributed by atoms with Crippen molar-refractivity contribution in [2.45, 2.75) is 47.4 Å². The molecule has 22 nitrogen and oxygen atoms in total. The highest BCUT2D eigenvalue weighted by atomic mass is 32.2. The highest BCUT2D eigenvalue weighted by Crippen LogP contribution is 2.54. The van der Waals surface area contributed by atoms with Gasteiger partial charge in [0.05, 0.1) is 37.2 Å². The molecular formula is C20H26N10O12P2S. The standard InChI is InChI=1S/C20H26N10O12P2S/c21-14-8-15(24-3-23-14)29(4-25-8)18-12(33)10(31)6(41-18)1-40-44(37,38)42-13-11(32)7(2-39-43(35)36)45-19(13)30-5-26-9-16(30)27-20(22)28-17(9)34/h3-7,10-13,18-19,31-33,43H,1-2H2,(H,35,36)(H,37,38)(H2,21,23,24)(H3,22,27,28,34)/t6-,7-,10?,11?,12?,13?,18-,19-/m1/s1. The van der Waals surface area contributed by atoms with E-state index in [-0.39, 0.29) is 34.1 Å². The van der Waals surface area contributed by atoms with Gasteiger partial charge in [-0.15, -0.1) is 11.8 Å². The van der Waals surface area contributed by atoms with Crippen molar-refractivity contribution in [3.8, 4) is 0 Å². The van der Waals surface area contributed by atoms with Crippen LogP contribution >= 0.6 is 27.8 Å². The number of aliphatic hydroxyl groups excluding tert-OH is 3. The molecule has 4 aromatic heterocycles. The molecule has 0 radical (unpaired) electrons. The summed E-state index contributed by atoms with van der Waals surface area (Å²) in [6.45, 7) is -1.20. The SMILES string of the molecule is Nc1nc2c(ncn2[C@@H]2S[C@H](CO[PH](=O)O)C(O)C2OP(=O)(O)OC[C@H]2O[C@@H](n3cnc4c(N)ncnc43)C(O)C2O)c(=O)[nH]1. The Morgan fingerprint density at radius 2 is 1.78 bits per heavy atom. The van der Waals surface area contributed by atoms with Crippen molar-refractivity contribution in [1.29, 1.82) is 0 Å². The Labute approximate surface area is 254 Å². The van der Waals surface area contributed by atoms with Gasteiger partial charge in [-0.1, -0.05) is 0 Å². The molecule has 45 heavy (non-hydrogen) atoms. The van der Waals surface area contributed by atoms with Gasteiger partial charge in [-0.2, -0.15) is 4.98 Å². The van der Waals surface area contributed by atoms with Gasteiger partial charge in [0.15, 0.2) is 28.9 Å². The quantitative estimate of drug-likeness (QED) is 0.0804. The Hall–Kier alpha value is -3.05. The first-order valence-electron chi connectivity index (χ1n) is 12.9. The van der Waals surface area contributed by atoms with Crippen molar-refractivity contribution >= 4 is 61.9 Å². The predicted molar refractivity (Wildman–Crippen MR) is 152 cm³/mol. The van der Waals surface area contributed by atoms with E-state index in [0.29, 0.717) is 0 Å². The number of ether oxygens (including phenoxy) is 1. The number of nitrogen functional groups attached to an aromatic ring is 2. The molecule has 25 heteroatoms. The monoisotopic (exact) mass is 692 g/mol. The Balaban J connectivity index is 1.20. The zero-order valence-electron chi connectivity index (χ0n) is 22.5. The number of fused-ring (bicyclic) bond motifs is 2. The van der Waals surface area contributed by atoms with Crippen molar-refractivity contribution in [3.05, 3.63) is 29.3 Å². The molecule has 6 heterocycles. The molecule has 6 rings (SSSR count). The van der Waals surface area contributed by atoms with Crippen molar-refractivity contribution in [2.75, 3.05) is 24.7 Å². The lowest BCUT2D eigenvalue weighted by Gasteiger charge is -2.25. The van der Waals surface area contributed by atoms with Gasteiger partial charge >= 0.3 is 16.1 Å². The normalized spacial score (nSPS) is 30.7. The van der Waals surface area contributed by atoms with Gasteiger partial charge in [0.1, 0.15) is 41.6 Å². The molecule has 2 aliphatic rings. The first-order chi connectivity index (χ1) is 21.3. The summed E-state index contributed by atoms with van der Waals surface area (Å²) in [7, 11) is -8.47. The predicted octanol–water partition coefficient (Wildman–Crippen LogP) is -2.38. The Morgan fingerprint density at radius 3 is 2.53 bits per heavy atom. The Bertz CT molecular complexity index is 1860. The van der Waals surface area contributed by atoms with Crippen molar-refractivity contribution in [1.82, 2.24) is 39.0 Å². The van der Waals surface area contributed by atoms with Crippen LogP contribution in [0.3, 0.4) is 0 Å². The molecule has 0 aromatic carbocycles. The number of phosphoric acid groups is 1. The summed E-state index contributed by atoms with van der Waals surface area (Å²) in [4.78, 5) is 54.4. The fourth-order valence-corrected chi connectivity index (χ4v) is 7.93. The van der Waals surface area contributed by atoms with Crippen LogP contribution in [0, 0.1) is 0 Å². The first-order valence-corrected chi connectivity index (χ1v) is 16.6. The average Bonchev–Trinajstić information content (AvgIpc) is 3.73. The largest absolute Gasteiger partial charge is 0.472 e. The van der Waals surface area contributed by atoms with Crippen LogP contribution in [0.5, 0.6) is 0 Å². The fourth-order valence-electron chi connectivity index (χ4n) is 4.98. The van der Waals surface area contributed by atoms with Gasteiger partial charge in [0, 0.05) is 0 Å². The van der Waals surface area contributed by atoms with E-state index in [2.05, 4.69) is 29.9 Å². The summed E-state index contributed by atoms with van der Waals surface area (Å²) in [6.07, 6.45) is -5.23. The van der Waals surface area contributed by atoms with E-state index in [9.17, 15) is 34.1 Å². The summed E-state index contributed by atoms with van der Waals surface area (Å²) in [5.74, 6) is -0.176. The smallest absolute Gasteiger partial charge is 0.389 e. The maximum Gasteiger partial charge on any atom is 0.472 e. The minimum Gasteiger partial charge on any atom is -0.389 e. The molecule has 10 N–H and O–H groups in total. The number of anilines is 2. The van der Waals surface area contributed by atoms with E-state index in [4.69, 9.17) is 34.7 Å². The number of aromatic amines is 1. The van der Waals surface area contributed by atoms with Crippen LogP contribution in [0.4, 0.5) is 11.8 Å². The number of thioether (sulfide) groups is 1. The Morgan fingerprint density at radius 1 is 1.04 bits per heavy atom. The number of hydrogen-bond acceptors (Lipinski definition) is 18. The fraction of sp³-hybridized carbons (Fsp3) is 0.500. The number of hydrogen-bond donors (Lipinski definition) is 8. The number of rotatable bonds is 10. The van der Waals surface area contributed by atoms with Crippen molar-refractivity contribution in [2.24, 2.45) is 0 Å². The molecule has 2 aliphatic heterocycles. The third-order valence-electron chi connectivity index (χ3n) is 7.06. The summed E-state index contributed by atoms with van der Waals surface area (Å²) >= 11 is 0.921. The van der Waals surface area contributed by atoms with Gasteiger partial charge in [-0.3, -0.25) is 32.5 Å². The average molecular weight is 693 g/mol. The van der Waals surface area contributed by atoms with Crippen LogP contribution in [-0.4, -0.2) is 113 Å². The molecule has 10 atom stereocenters. The van der Waals surface area contributed by atoms with Gasteiger partial charge in [-0.05, 0) is 0 Å². The van der Waals surface area contributed by atoms with E-state index in [1.165, 1.54) is 28.1 Å². The molecule has 0 aliphatic carbocycles. The summed E-state index contributed by atoms with van der Waals surface area (Å²) in [5.41, 5.74) is 11.1. The van der Waals surface area contributed by atoms with Crippen molar-refractivity contribution in [3.63, 3.8) is 0 Å². The molecule has 4 aromatic rings. The van der Waals surface area contributed by atoms with Crippen molar-refractivity contribution < 1.29 is 52.5 Å². The maximum absolute atomic E-state index is 13.2. The van der Waals surface area contributed by atoms with Crippen LogP contribution in [-0.2, 0) is 27.4 Å². The summed E-state index contributed by atoms with van der Waals surface area (Å²) in [6, 6.07) is 0. The second kappa shape index (κ2) is 12.3. The second-order valence-corrected chi connectivity index (χ2v) is 13.5. The van der Waals surface area contributed by atoms with Gasteiger partial charge in [-0.25, -0.2) is 24.5 Å². The van der Waals surface area contributed by atoms with E-state index in [1.54, 1.807) is 0 Å². The lowest BCUT2D eigenvalue weighted by atomic mass is 10.1. The summed E-state index contributed by atoms with van der Waals surface area (Å²) in [5, 5.41) is 30.2. The highest BCUT2D eigenvalue weighted by Gasteiger charge is 2.50. The third-order valence-corrected chi connectivity index (χ3v) is 10.0. The molecule has 0 bridgehead atoms. The minimum atomic E-state index is -5.08. The number of aliphatic hydroxyl groups is 3. The topological polar surface area (TPSA) is 331 Å². The lowest BCUT2D eigenvalue weighted by molar-refractivity contribution is -0.0558. The van der Waals surface area contributed by atoms with Crippen LogP contribution in [0.1, 0.15) is 11.6 Å². The molecular weight excluding hydrogens is 666 g/mol. The lowest BCUT2D eigenvalue weighted by Crippen LogP contribution is -2.36. The van der Waals surface area contributed by atoms with E-state index >= 15 is 0 Å². The molecule has 2 fully saturated rings. The molecule has 0 amide bonds. The minimum absolute atomic E-state index is 0.0397. The van der Waals surface area contributed by atoms with E-state index in [0.717, 1.165) is 11.8 Å². The van der Waals surface area contributed by atoms with E-state index in [1.807, 2.05) is 0 Å². The molecule has 0 saturated carbocycles. The molecule has 244 valence electrons. The molecule has 0 spiro atoms. The highest BCUT2D eigenvalue weighted by molar-refractivity contribution is 8.00. The number of H-pyrrole nitrogens is 1. The molecule has 2 saturated heterocycles.